The van der Waals surface area contributed by atoms with Crippen molar-refractivity contribution in [2.24, 2.45) is 11.7 Å². The van der Waals surface area contributed by atoms with E-state index < -0.39 is 116 Å². The number of carboxylic acids is 3. The van der Waals surface area contributed by atoms with Gasteiger partial charge in [0.1, 0.15) is 36.5 Å². The van der Waals surface area contributed by atoms with Gasteiger partial charge < -0.3 is 57.9 Å². The summed E-state index contributed by atoms with van der Waals surface area (Å²) in [5.74, 6) is -9.44. The number of nitrogens with one attached hydrogen (secondary N) is 5. The molecule has 0 bridgehead atoms. The Morgan fingerprint density at radius 3 is 1.58 bits per heavy atom. The molecule has 0 saturated carbocycles. The summed E-state index contributed by atoms with van der Waals surface area (Å²) >= 11 is 0. The number of hydrogen-bond acceptors (Lipinski definition) is 11. The molecule has 0 spiro atoms. The summed E-state index contributed by atoms with van der Waals surface area (Å²) < 4.78 is 0. The van der Waals surface area contributed by atoms with Gasteiger partial charge in [-0.25, -0.2) is 0 Å². The van der Waals surface area contributed by atoms with Crippen LogP contribution in [-0.2, 0) is 44.8 Å². The Morgan fingerprint density at radius 1 is 0.680 bits per heavy atom. The first-order chi connectivity index (χ1) is 23.4. The van der Waals surface area contributed by atoms with Gasteiger partial charge in [-0.1, -0.05) is 32.4 Å². The largest absolute Gasteiger partial charge is 0.508 e. The number of aliphatic hydroxyl groups excluding tert-OH is 1. The van der Waals surface area contributed by atoms with E-state index in [9.17, 15) is 58.8 Å². The SMILES string of the molecule is CC[C@H](C)[C@H](N)C(=O)N[C@@H](CCC(=O)O)C(=O)N[C@@H](CCC(=O)O)C(=O)N[C@@H](Cc1ccc(O)cc1)C(=O)N[C@H](C(=O)NCC(=O)O)[C@@H](C)O. The monoisotopic (exact) mass is 710 g/mol. The molecular weight excluding hydrogens is 664 g/mol. The van der Waals surface area contributed by atoms with Crippen molar-refractivity contribution in [1.82, 2.24) is 26.6 Å². The van der Waals surface area contributed by atoms with Crippen molar-refractivity contribution in [1.29, 1.82) is 0 Å². The fourth-order valence-corrected chi connectivity index (χ4v) is 4.41. The molecule has 1 rings (SSSR count). The summed E-state index contributed by atoms with van der Waals surface area (Å²) in [7, 11) is 0. The number of aliphatic carboxylic acids is 3. The Kier molecular flexibility index (Phi) is 17.9. The molecule has 7 atom stereocenters. The number of amides is 5. The maximum Gasteiger partial charge on any atom is 0.322 e. The number of carbonyl (C=O) groups is 8. The highest BCUT2D eigenvalue weighted by Crippen LogP contribution is 2.13. The van der Waals surface area contributed by atoms with Crippen LogP contribution in [-0.4, -0.2) is 116 Å². The Morgan fingerprint density at radius 2 is 1.14 bits per heavy atom. The summed E-state index contributed by atoms with van der Waals surface area (Å²) in [6, 6.07) is -2.02. The van der Waals surface area contributed by atoms with E-state index in [4.69, 9.17) is 10.8 Å². The second kappa shape index (κ2) is 20.9. The lowest BCUT2D eigenvalue weighted by Crippen LogP contribution is -2.60. The molecule has 0 heterocycles. The standard InChI is InChI=1S/C31H46N6O13/c1-4-15(2)25(32)30(49)35-20(10-12-23(42)43)27(46)34-19(9-11-22(40)41)28(47)36-21(13-17-5-7-18(39)8-6-17)29(48)37-26(16(3)38)31(50)33-14-24(44)45/h5-8,15-16,19-21,25-26,38-39H,4,9-14,32H2,1-3H3,(H,33,50)(H,34,46)(H,35,49)(H,36,47)(H,37,48)(H,40,41)(H,42,43)(H,44,45)/t15-,16+,19-,20-,21-,25-,26-/m0/s1. The van der Waals surface area contributed by atoms with E-state index in [1.807, 2.05) is 5.32 Å². The maximum absolute atomic E-state index is 13.6. The van der Waals surface area contributed by atoms with E-state index in [0.717, 1.165) is 6.92 Å². The molecule has 0 fully saturated rings. The van der Waals surface area contributed by atoms with Gasteiger partial charge in [0, 0.05) is 19.3 Å². The molecule has 0 saturated heterocycles. The van der Waals surface area contributed by atoms with Gasteiger partial charge in [0.2, 0.25) is 29.5 Å². The molecule has 1 aromatic rings. The highest BCUT2D eigenvalue weighted by atomic mass is 16.4. The third-order valence-corrected chi connectivity index (χ3v) is 7.61. The van der Waals surface area contributed by atoms with Crippen LogP contribution < -0.4 is 32.3 Å². The van der Waals surface area contributed by atoms with Crippen LogP contribution in [0.3, 0.4) is 0 Å². The number of hydrogen-bond donors (Lipinski definition) is 11. The van der Waals surface area contributed by atoms with Crippen LogP contribution in [0.5, 0.6) is 5.75 Å². The molecule has 0 aliphatic rings. The summed E-state index contributed by atoms with van der Waals surface area (Å²) in [5, 5.41) is 58.5. The zero-order valence-corrected chi connectivity index (χ0v) is 27.9. The number of rotatable bonds is 22. The topological polar surface area (TPSA) is 324 Å². The van der Waals surface area contributed by atoms with Gasteiger partial charge in [0.05, 0.1) is 12.1 Å². The Bertz CT molecular complexity index is 1370. The number of nitrogens with two attached hydrogens (primary N) is 1. The number of phenols is 1. The fraction of sp³-hybridized carbons (Fsp3) is 0.548. The summed E-state index contributed by atoms with van der Waals surface area (Å²) in [4.78, 5) is 99.3. The molecule has 0 aromatic heterocycles. The lowest BCUT2D eigenvalue weighted by atomic mass is 9.98. The molecule has 5 amide bonds. The number of phenolic OH excluding ortho intramolecular Hbond substituents is 1. The molecule has 19 heteroatoms. The number of carbonyl (C=O) groups excluding carboxylic acids is 5. The number of benzene rings is 1. The van der Waals surface area contributed by atoms with Gasteiger partial charge >= 0.3 is 17.9 Å². The Labute approximate surface area is 287 Å². The second-order valence-corrected chi connectivity index (χ2v) is 11.7. The second-order valence-electron chi connectivity index (χ2n) is 11.7. The van der Waals surface area contributed by atoms with Crippen LogP contribution in [0.4, 0.5) is 0 Å². The minimum atomic E-state index is -1.68. The molecule has 50 heavy (non-hydrogen) atoms. The smallest absolute Gasteiger partial charge is 0.322 e. The van der Waals surface area contributed by atoms with Gasteiger partial charge in [-0.05, 0) is 43.4 Å². The highest BCUT2D eigenvalue weighted by molar-refractivity contribution is 5.96. The van der Waals surface area contributed by atoms with Crippen LogP contribution in [0.15, 0.2) is 24.3 Å². The van der Waals surface area contributed by atoms with Crippen LogP contribution in [0, 0.1) is 5.92 Å². The van der Waals surface area contributed by atoms with Crippen LogP contribution in [0.2, 0.25) is 0 Å². The fourth-order valence-electron chi connectivity index (χ4n) is 4.41. The molecule has 0 aliphatic heterocycles. The van der Waals surface area contributed by atoms with E-state index in [-0.39, 0.29) is 18.1 Å². The minimum absolute atomic E-state index is 0.117. The third-order valence-electron chi connectivity index (χ3n) is 7.61. The first kappa shape index (κ1) is 42.7. The van der Waals surface area contributed by atoms with E-state index in [1.165, 1.54) is 24.3 Å². The van der Waals surface area contributed by atoms with Crippen LogP contribution in [0.1, 0.15) is 58.4 Å². The normalized spacial score (nSPS) is 15.1. The van der Waals surface area contributed by atoms with E-state index in [2.05, 4.69) is 21.3 Å². The Balaban J connectivity index is 3.39. The molecule has 0 unspecified atom stereocenters. The van der Waals surface area contributed by atoms with Gasteiger partial charge in [-0.3, -0.25) is 38.4 Å². The van der Waals surface area contributed by atoms with Crippen molar-refractivity contribution in [2.75, 3.05) is 6.54 Å². The lowest BCUT2D eigenvalue weighted by Gasteiger charge is -2.27. The predicted octanol–water partition coefficient (Wildman–Crippen LogP) is -2.44. The van der Waals surface area contributed by atoms with Crippen molar-refractivity contribution >= 4 is 47.4 Å². The minimum Gasteiger partial charge on any atom is -0.508 e. The number of carboxylic acid groups (broad SMARTS) is 3. The first-order valence-corrected chi connectivity index (χ1v) is 15.7. The number of aliphatic hydroxyl groups is 1. The third kappa shape index (κ3) is 15.3. The molecule has 0 aliphatic carbocycles. The zero-order valence-electron chi connectivity index (χ0n) is 27.9. The Hall–Kier alpha value is -5.30. The van der Waals surface area contributed by atoms with Gasteiger partial charge in [0.25, 0.3) is 0 Å². The van der Waals surface area contributed by atoms with Crippen molar-refractivity contribution in [3.8, 4) is 5.75 Å². The van der Waals surface area contributed by atoms with E-state index in [0.29, 0.717) is 12.0 Å². The van der Waals surface area contributed by atoms with Gasteiger partial charge in [0.15, 0.2) is 0 Å². The molecule has 19 nitrogen and oxygen atoms in total. The molecular formula is C31H46N6O13. The molecule has 278 valence electrons. The van der Waals surface area contributed by atoms with Crippen molar-refractivity contribution in [3.63, 3.8) is 0 Å². The van der Waals surface area contributed by atoms with E-state index >= 15 is 0 Å². The average molecular weight is 711 g/mol. The quantitative estimate of drug-likeness (QED) is 0.0596. The predicted molar refractivity (Wildman–Crippen MR) is 173 cm³/mol. The zero-order chi connectivity index (χ0) is 38.1. The molecule has 0 radical (unpaired) electrons. The first-order valence-electron chi connectivity index (χ1n) is 15.7. The van der Waals surface area contributed by atoms with Crippen molar-refractivity contribution in [2.45, 2.75) is 95.6 Å². The lowest BCUT2D eigenvalue weighted by molar-refractivity contribution is -0.140. The van der Waals surface area contributed by atoms with Crippen LogP contribution in [0.25, 0.3) is 0 Å². The van der Waals surface area contributed by atoms with E-state index in [1.54, 1.807) is 13.8 Å². The average Bonchev–Trinajstić information content (AvgIpc) is 3.05. The van der Waals surface area contributed by atoms with Crippen molar-refractivity contribution in [3.05, 3.63) is 29.8 Å². The molecule has 12 N–H and O–H groups in total. The van der Waals surface area contributed by atoms with Gasteiger partial charge in [-0.2, -0.15) is 0 Å². The summed E-state index contributed by atoms with van der Waals surface area (Å²) in [5.41, 5.74) is 6.34. The van der Waals surface area contributed by atoms with Gasteiger partial charge in [-0.15, -0.1) is 0 Å². The summed E-state index contributed by atoms with van der Waals surface area (Å²) in [6.07, 6.45) is -3.45. The number of aromatic hydroxyl groups is 1. The highest BCUT2D eigenvalue weighted by Gasteiger charge is 2.34. The summed E-state index contributed by atoms with van der Waals surface area (Å²) in [6.45, 7) is 3.80. The van der Waals surface area contributed by atoms with Crippen molar-refractivity contribution < 1.29 is 63.9 Å². The maximum atomic E-state index is 13.6. The molecule has 1 aromatic carbocycles. The van der Waals surface area contributed by atoms with Crippen LogP contribution >= 0.6 is 0 Å².